The molecule has 2 rings (SSSR count). The van der Waals surface area contributed by atoms with Crippen LogP contribution in [0.1, 0.15) is 24.0 Å². The highest BCUT2D eigenvalue weighted by Gasteiger charge is 2.42. The fourth-order valence-electron chi connectivity index (χ4n) is 1.90. The SMILES string of the molecule is OCC1(Cc2ccc(Cl)c(C(F)(F)F)c2)CC1. The van der Waals surface area contributed by atoms with Gasteiger partial charge < -0.3 is 5.11 Å². The standard InChI is InChI=1S/C12H12ClF3O/c13-10-2-1-8(5-9(10)12(14,15)16)6-11(7-17)3-4-11/h1-2,5,17H,3-4,6-7H2. The van der Waals surface area contributed by atoms with Gasteiger partial charge in [0.15, 0.2) is 0 Å². The maximum Gasteiger partial charge on any atom is 0.417 e. The summed E-state index contributed by atoms with van der Waals surface area (Å²) in [6.45, 7) is 0.0248. The topological polar surface area (TPSA) is 20.2 Å². The molecule has 0 unspecified atom stereocenters. The number of aliphatic hydroxyl groups is 1. The normalized spacial score (nSPS) is 18.2. The van der Waals surface area contributed by atoms with Gasteiger partial charge in [0.05, 0.1) is 10.6 Å². The van der Waals surface area contributed by atoms with Crippen LogP contribution in [0.15, 0.2) is 18.2 Å². The molecule has 0 heterocycles. The first-order valence-electron chi connectivity index (χ1n) is 5.33. The summed E-state index contributed by atoms with van der Waals surface area (Å²) >= 11 is 5.53. The Labute approximate surface area is 102 Å². The van der Waals surface area contributed by atoms with Gasteiger partial charge in [0.2, 0.25) is 0 Å². The van der Waals surface area contributed by atoms with Crippen LogP contribution in [0.2, 0.25) is 5.02 Å². The lowest BCUT2D eigenvalue weighted by atomic mass is 9.96. The van der Waals surface area contributed by atoms with Gasteiger partial charge >= 0.3 is 6.18 Å². The highest BCUT2D eigenvalue weighted by atomic mass is 35.5. The zero-order valence-electron chi connectivity index (χ0n) is 9.02. The largest absolute Gasteiger partial charge is 0.417 e. The predicted octanol–water partition coefficient (Wildman–Crippen LogP) is 3.67. The second-order valence-corrected chi connectivity index (χ2v) is 5.05. The molecule has 1 N–H and O–H groups in total. The molecule has 1 aliphatic carbocycles. The van der Waals surface area contributed by atoms with Crippen LogP contribution in [0, 0.1) is 5.41 Å². The Bertz CT molecular complexity index is 424. The second-order valence-electron chi connectivity index (χ2n) is 4.65. The number of hydrogen-bond donors (Lipinski definition) is 1. The predicted molar refractivity (Wildman–Crippen MR) is 58.9 cm³/mol. The Morgan fingerprint density at radius 2 is 1.94 bits per heavy atom. The summed E-state index contributed by atoms with van der Waals surface area (Å²) in [6.07, 6.45) is -2.21. The van der Waals surface area contributed by atoms with Crippen molar-refractivity contribution in [1.82, 2.24) is 0 Å². The highest BCUT2D eigenvalue weighted by molar-refractivity contribution is 6.31. The van der Waals surface area contributed by atoms with E-state index in [1.54, 1.807) is 6.07 Å². The number of aliphatic hydroxyl groups excluding tert-OH is 1. The third kappa shape index (κ3) is 2.75. The van der Waals surface area contributed by atoms with E-state index in [1.807, 2.05) is 0 Å². The monoisotopic (exact) mass is 264 g/mol. The first-order valence-corrected chi connectivity index (χ1v) is 5.71. The van der Waals surface area contributed by atoms with Crippen LogP contribution < -0.4 is 0 Å². The minimum atomic E-state index is -4.43. The summed E-state index contributed by atoms with van der Waals surface area (Å²) < 4.78 is 37.9. The van der Waals surface area contributed by atoms with E-state index in [-0.39, 0.29) is 17.0 Å². The smallest absolute Gasteiger partial charge is 0.396 e. The maximum absolute atomic E-state index is 12.6. The molecule has 0 radical (unpaired) electrons. The molecule has 0 bridgehead atoms. The van der Waals surface area contributed by atoms with Crippen LogP contribution in [0.4, 0.5) is 13.2 Å². The summed E-state index contributed by atoms with van der Waals surface area (Å²) in [5.41, 5.74) is -0.421. The van der Waals surface area contributed by atoms with E-state index in [4.69, 9.17) is 16.7 Å². The Hall–Kier alpha value is -0.740. The van der Waals surface area contributed by atoms with Crippen molar-refractivity contribution in [2.75, 3.05) is 6.61 Å². The minimum absolute atomic E-state index is 0.0248. The van der Waals surface area contributed by atoms with Gasteiger partial charge in [-0.25, -0.2) is 0 Å². The van der Waals surface area contributed by atoms with E-state index >= 15 is 0 Å². The van der Waals surface area contributed by atoms with Gasteiger partial charge in [-0.15, -0.1) is 0 Å². The van der Waals surface area contributed by atoms with Gasteiger partial charge in [-0.3, -0.25) is 0 Å². The van der Waals surface area contributed by atoms with Gasteiger partial charge in [-0.05, 0) is 42.4 Å². The minimum Gasteiger partial charge on any atom is -0.396 e. The molecule has 5 heteroatoms. The van der Waals surface area contributed by atoms with Crippen molar-refractivity contribution in [2.45, 2.75) is 25.4 Å². The molecule has 1 nitrogen and oxygen atoms in total. The fourth-order valence-corrected chi connectivity index (χ4v) is 2.12. The molecular formula is C12H12ClF3O. The van der Waals surface area contributed by atoms with Crippen molar-refractivity contribution < 1.29 is 18.3 Å². The van der Waals surface area contributed by atoms with Crippen LogP contribution >= 0.6 is 11.6 Å². The molecule has 1 aromatic carbocycles. The van der Waals surface area contributed by atoms with Crippen molar-refractivity contribution in [3.63, 3.8) is 0 Å². The molecular weight excluding hydrogens is 253 g/mol. The van der Waals surface area contributed by atoms with Crippen LogP contribution in [-0.2, 0) is 12.6 Å². The van der Waals surface area contributed by atoms with Crippen LogP contribution in [0.5, 0.6) is 0 Å². The fraction of sp³-hybridized carbons (Fsp3) is 0.500. The van der Waals surface area contributed by atoms with E-state index in [0.717, 1.165) is 18.9 Å². The molecule has 0 aliphatic heterocycles. The Morgan fingerprint density at radius 3 is 2.41 bits per heavy atom. The number of hydrogen-bond acceptors (Lipinski definition) is 1. The summed E-state index contributed by atoms with van der Waals surface area (Å²) in [5.74, 6) is 0. The molecule has 0 aromatic heterocycles. The molecule has 94 valence electrons. The number of alkyl halides is 3. The van der Waals surface area contributed by atoms with Crippen molar-refractivity contribution >= 4 is 11.6 Å². The molecule has 0 amide bonds. The van der Waals surface area contributed by atoms with Gasteiger partial charge in [0, 0.05) is 6.61 Å². The van der Waals surface area contributed by atoms with Gasteiger partial charge in [0.25, 0.3) is 0 Å². The molecule has 1 aromatic rings. The molecule has 0 spiro atoms. The first-order chi connectivity index (χ1) is 7.86. The molecule has 1 saturated carbocycles. The summed E-state index contributed by atoms with van der Waals surface area (Å²) in [6, 6.07) is 3.94. The van der Waals surface area contributed by atoms with Crippen molar-refractivity contribution in [1.29, 1.82) is 0 Å². The molecule has 0 saturated heterocycles. The van der Waals surface area contributed by atoms with E-state index in [1.165, 1.54) is 6.07 Å². The first kappa shape index (κ1) is 12.7. The molecule has 1 fully saturated rings. The molecule has 0 atom stereocenters. The van der Waals surface area contributed by atoms with E-state index < -0.39 is 11.7 Å². The Kier molecular flexibility index (Phi) is 3.12. The van der Waals surface area contributed by atoms with Crippen LogP contribution in [-0.4, -0.2) is 11.7 Å². The van der Waals surface area contributed by atoms with E-state index in [9.17, 15) is 13.2 Å². The maximum atomic E-state index is 12.6. The molecule has 1 aliphatic rings. The van der Waals surface area contributed by atoms with Gasteiger partial charge in [-0.1, -0.05) is 17.7 Å². The lowest BCUT2D eigenvalue weighted by Crippen LogP contribution is -2.12. The highest BCUT2D eigenvalue weighted by Crippen LogP contribution is 2.48. The van der Waals surface area contributed by atoms with Crippen molar-refractivity contribution in [2.24, 2.45) is 5.41 Å². The Balaban J connectivity index is 2.25. The van der Waals surface area contributed by atoms with Gasteiger partial charge in [-0.2, -0.15) is 13.2 Å². The van der Waals surface area contributed by atoms with E-state index in [0.29, 0.717) is 12.0 Å². The van der Waals surface area contributed by atoms with E-state index in [2.05, 4.69) is 0 Å². The number of rotatable bonds is 3. The molecule has 17 heavy (non-hydrogen) atoms. The third-order valence-electron chi connectivity index (χ3n) is 3.21. The summed E-state index contributed by atoms with van der Waals surface area (Å²) in [4.78, 5) is 0. The number of benzene rings is 1. The average molecular weight is 265 g/mol. The third-order valence-corrected chi connectivity index (χ3v) is 3.54. The van der Waals surface area contributed by atoms with Crippen LogP contribution in [0.25, 0.3) is 0 Å². The van der Waals surface area contributed by atoms with Crippen molar-refractivity contribution in [3.05, 3.63) is 34.3 Å². The summed E-state index contributed by atoms with van der Waals surface area (Å²) in [5, 5.41) is 8.87. The average Bonchev–Trinajstić information content (AvgIpc) is 3.00. The Morgan fingerprint density at radius 1 is 1.29 bits per heavy atom. The van der Waals surface area contributed by atoms with Crippen molar-refractivity contribution in [3.8, 4) is 0 Å². The zero-order chi connectivity index (χ0) is 12.7. The summed E-state index contributed by atoms with van der Waals surface area (Å²) in [7, 11) is 0. The number of halogens is 4. The quantitative estimate of drug-likeness (QED) is 0.883. The second kappa shape index (κ2) is 4.18. The van der Waals surface area contributed by atoms with Crippen LogP contribution in [0.3, 0.4) is 0 Å². The lowest BCUT2D eigenvalue weighted by Gasteiger charge is -2.14. The zero-order valence-corrected chi connectivity index (χ0v) is 9.78. The lowest BCUT2D eigenvalue weighted by molar-refractivity contribution is -0.137. The van der Waals surface area contributed by atoms with Gasteiger partial charge in [0.1, 0.15) is 0 Å².